The van der Waals surface area contributed by atoms with Gasteiger partial charge in [-0.1, -0.05) is 12.1 Å². The summed E-state index contributed by atoms with van der Waals surface area (Å²) in [6.45, 7) is 6.72. The van der Waals surface area contributed by atoms with E-state index in [2.05, 4.69) is 5.32 Å². The van der Waals surface area contributed by atoms with Gasteiger partial charge in [0, 0.05) is 6.54 Å². The highest BCUT2D eigenvalue weighted by molar-refractivity contribution is 5.76. The number of carbonyl (C=O) groups is 1. The number of methoxy groups -OCH3 is 1. The van der Waals surface area contributed by atoms with Gasteiger partial charge in [0.15, 0.2) is 0 Å². The molecule has 0 radical (unpaired) electrons. The summed E-state index contributed by atoms with van der Waals surface area (Å²) in [6.07, 6.45) is 0. The Morgan fingerprint density at radius 1 is 1.33 bits per heavy atom. The predicted octanol–water partition coefficient (Wildman–Crippen LogP) is 2.70. The first-order chi connectivity index (χ1) is 8.51. The van der Waals surface area contributed by atoms with E-state index in [1.807, 2.05) is 45.0 Å². The second-order valence-electron chi connectivity index (χ2n) is 4.66. The van der Waals surface area contributed by atoms with Gasteiger partial charge in [0.1, 0.15) is 5.75 Å². The third-order valence-electron chi connectivity index (χ3n) is 2.65. The first-order valence-corrected chi connectivity index (χ1v) is 6.05. The molecule has 0 bridgehead atoms. The van der Waals surface area contributed by atoms with Gasteiger partial charge < -0.3 is 14.8 Å². The van der Waals surface area contributed by atoms with Gasteiger partial charge >= 0.3 is 5.97 Å². The summed E-state index contributed by atoms with van der Waals surface area (Å²) in [5.41, 5.74) is 0.310. The number of esters is 1. The first kappa shape index (κ1) is 14.4. The highest BCUT2D eigenvalue weighted by Gasteiger charge is 2.28. The molecule has 0 amide bonds. The standard InChI is InChI=1S/C14H21NO3/c1-5-18-12-9-7-6-8-11(12)15-10-14(2,3)13(16)17-4/h6-9,15H,5,10H2,1-4H3. The number of anilines is 1. The van der Waals surface area contributed by atoms with Crippen molar-refractivity contribution in [3.63, 3.8) is 0 Å². The van der Waals surface area contributed by atoms with Crippen LogP contribution < -0.4 is 10.1 Å². The minimum absolute atomic E-state index is 0.233. The first-order valence-electron chi connectivity index (χ1n) is 6.05. The van der Waals surface area contributed by atoms with Crippen molar-refractivity contribution >= 4 is 11.7 Å². The van der Waals surface area contributed by atoms with Gasteiger partial charge in [-0.3, -0.25) is 4.79 Å². The lowest BCUT2D eigenvalue weighted by Crippen LogP contribution is -2.33. The van der Waals surface area contributed by atoms with Crippen molar-refractivity contribution in [2.45, 2.75) is 20.8 Å². The quantitative estimate of drug-likeness (QED) is 0.790. The molecule has 0 aliphatic carbocycles. The molecule has 4 nitrogen and oxygen atoms in total. The zero-order valence-electron chi connectivity index (χ0n) is 11.4. The van der Waals surface area contributed by atoms with Crippen LogP contribution >= 0.6 is 0 Å². The predicted molar refractivity (Wildman–Crippen MR) is 71.9 cm³/mol. The van der Waals surface area contributed by atoms with Crippen LogP contribution in [-0.4, -0.2) is 26.2 Å². The number of hydrogen-bond acceptors (Lipinski definition) is 4. The minimum atomic E-state index is -0.575. The Kier molecular flexibility index (Phi) is 5.01. The van der Waals surface area contributed by atoms with E-state index >= 15 is 0 Å². The van der Waals surface area contributed by atoms with Crippen molar-refractivity contribution < 1.29 is 14.3 Å². The van der Waals surface area contributed by atoms with Crippen LogP contribution in [0.3, 0.4) is 0 Å². The molecule has 1 rings (SSSR count). The van der Waals surface area contributed by atoms with Gasteiger partial charge in [-0.2, -0.15) is 0 Å². The van der Waals surface area contributed by atoms with Crippen LogP contribution in [0.15, 0.2) is 24.3 Å². The van der Waals surface area contributed by atoms with Gasteiger partial charge in [0.05, 0.1) is 24.8 Å². The molecule has 1 aromatic carbocycles. The third kappa shape index (κ3) is 3.65. The van der Waals surface area contributed by atoms with Crippen LogP contribution in [0.2, 0.25) is 0 Å². The van der Waals surface area contributed by atoms with Crippen LogP contribution in [0.1, 0.15) is 20.8 Å². The SMILES string of the molecule is CCOc1ccccc1NCC(C)(C)C(=O)OC. The van der Waals surface area contributed by atoms with Crippen molar-refractivity contribution in [2.75, 3.05) is 25.6 Å². The molecular weight excluding hydrogens is 230 g/mol. The number of carbonyl (C=O) groups excluding carboxylic acids is 1. The van der Waals surface area contributed by atoms with Crippen molar-refractivity contribution in [3.05, 3.63) is 24.3 Å². The fourth-order valence-electron chi connectivity index (χ4n) is 1.56. The van der Waals surface area contributed by atoms with E-state index in [-0.39, 0.29) is 5.97 Å². The highest BCUT2D eigenvalue weighted by atomic mass is 16.5. The Bertz CT molecular complexity index is 402. The molecule has 4 heteroatoms. The van der Waals surface area contributed by atoms with Crippen LogP contribution in [0.4, 0.5) is 5.69 Å². The Labute approximate surface area is 108 Å². The van der Waals surface area contributed by atoms with Gasteiger partial charge in [-0.05, 0) is 32.9 Å². The van der Waals surface area contributed by atoms with Crippen LogP contribution in [0, 0.1) is 5.41 Å². The van der Waals surface area contributed by atoms with E-state index in [1.54, 1.807) is 0 Å². The van der Waals surface area contributed by atoms with Gasteiger partial charge in [-0.25, -0.2) is 0 Å². The van der Waals surface area contributed by atoms with E-state index in [4.69, 9.17) is 9.47 Å². The number of nitrogens with one attached hydrogen (secondary N) is 1. The van der Waals surface area contributed by atoms with Crippen molar-refractivity contribution in [1.29, 1.82) is 0 Å². The van der Waals surface area contributed by atoms with E-state index < -0.39 is 5.41 Å². The summed E-state index contributed by atoms with van der Waals surface area (Å²) in [6, 6.07) is 7.67. The molecule has 1 N–H and O–H groups in total. The zero-order valence-corrected chi connectivity index (χ0v) is 11.4. The number of benzene rings is 1. The molecule has 18 heavy (non-hydrogen) atoms. The van der Waals surface area contributed by atoms with Crippen LogP contribution in [0.25, 0.3) is 0 Å². The maximum absolute atomic E-state index is 11.6. The normalized spacial score (nSPS) is 10.9. The minimum Gasteiger partial charge on any atom is -0.492 e. The number of ether oxygens (including phenoxy) is 2. The Hall–Kier alpha value is -1.71. The lowest BCUT2D eigenvalue weighted by Gasteiger charge is -2.23. The molecule has 0 heterocycles. The van der Waals surface area contributed by atoms with E-state index in [9.17, 15) is 4.79 Å². The Balaban J connectivity index is 2.71. The molecular formula is C14H21NO3. The number of rotatable bonds is 6. The molecule has 0 atom stereocenters. The van der Waals surface area contributed by atoms with Crippen molar-refractivity contribution in [1.82, 2.24) is 0 Å². The maximum atomic E-state index is 11.6. The molecule has 0 aromatic heterocycles. The lowest BCUT2D eigenvalue weighted by molar-refractivity contribution is -0.149. The van der Waals surface area contributed by atoms with Gasteiger partial charge in [0.25, 0.3) is 0 Å². The average molecular weight is 251 g/mol. The Morgan fingerprint density at radius 2 is 2.00 bits per heavy atom. The average Bonchev–Trinajstić information content (AvgIpc) is 2.37. The summed E-state index contributed by atoms with van der Waals surface area (Å²) in [7, 11) is 1.40. The topological polar surface area (TPSA) is 47.6 Å². The molecule has 0 aliphatic rings. The highest BCUT2D eigenvalue weighted by Crippen LogP contribution is 2.26. The molecule has 1 aromatic rings. The largest absolute Gasteiger partial charge is 0.492 e. The van der Waals surface area contributed by atoms with E-state index in [1.165, 1.54) is 7.11 Å². The summed E-state index contributed by atoms with van der Waals surface area (Å²) in [5.74, 6) is 0.560. The Morgan fingerprint density at radius 3 is 2.61 bits per heavy atom. The van der Waals surface area contributed by atoms with Gasteiger partial charge in [-0.15, -0.1) is 0 Å². The fraction of sp³-hybridized carbons (Fsp3) is 0.500. The second-order valence-corrected chi connectivity index (χ2v) is 4.66. The molecule has 0 fully saturated rings. The molecule has 0 aliphatic heterocycles. The van der Waals surface area contributed by atoms with Crippen LogP contribution in [0.5, 0.6) is 5.75 Å². The van der Waals surface area contributed by atoms with E-state index in [0.717, 1.165) is 11.4 Å². The van der Waals surface area contributed by atoms with E-state index in [0.29, 0.717) is 13.2 Å². The molecule has 0 unspecified atom stereocenters. The van der Waals surface area contributed by atoms with Crippen molar-refractivity contribution in [2.24, 2.45) is 5.41 Å². The summed E-state index contributed by atoms with van der Waals surface area (Å²) >= 11 is 0. The summed E-state index contributed by atoms with van der Waals surface area (Å²) in [5, 5.41) is 3.23. The van der Waals surface area contributed by atoms with Crippen LogP contribution in [-0.2, 0) is 9.53 Å². The molecule has 100 valence electrons. The fourth-order valence-corrected chi connectivity index (χ4v) is 1.56. The molecule has 0 saturated carbocycles. The summed E-state index contributed by atoms with van der Waals surface area (Å²) in [4.78, 5) is 11.6. The molecule has 0 saturated heterocycles. The number of hydrogen-bond donors (Lipinski definition) is 1. The smallest absolute Gasteiger partial charge is 0.313 e. The van der Waals surface area contributed by atoms with Gasteiger partial charge in [0.2, 0.25) is 0 Å². The lowest BCUT2D eigenvalue weighted by atomic mass is 9.93. The van der Waals surface area contributed by atoms with Crippen molar-refractivity contribution in [3.8, 4) is 5.75 Å². The second kappa shape index (κ2) is 6.28. The monoisotopic (exact) mass is 251 g/mol. The summed E-state index contributed by atoms with van der Waals surface area (Å²) < 4.78 is 10.3. The number of para-hydroxylation sites is 2. The third-order valence-corrected chi connectivity index (χ3v) is 2.65. The molecule has 0 spiro atoms. The maximum Gasteiger partial charge on any atom is 0.313 e. The zero-order chi connectivity index (χ0) is 13.6.